The van der Waals surface area contributed by atoms with Crippen molar-refractivity contribution in [2.75, 3.05) is 19.7 Å². The number of aliphatic hydroxyl groups is 6. The van der Waals surface area contributed by atoms with Crippen LogP contribution in [0.5, 0.6) is 0 Å². The van der Waals surface area contributed by atoms with Gasteiger partial charge in [-0.3, -0.25) is 0 Å². The van der Waals surface area contributed by atoms with Crippen LogP contribution in [0.3, 0.4) is 0 Å². The molecule has 4 rings (SSSR count). The zero-order valence-electron chi connectivity index (χ0n) is 27.0. The lowest BCUT2D eigenvalue weighted by Gasteiger charge is -2.46. The van der Waals surface area contributed by atoms with Gasteiger partial charge in [0, 0.05) is 30.5 Å². The van der Waals surface area contributed by atoms with Crippen LogP contribution < -0.4 is 0 Å². The van der Waals surface area contributed by atoms with Crippen LogP contribution in [0.4, 0.5) is 4.39 Å². The van der Waals surface area contributed by atoms with Gasteiger partial charge in [0.05, 0.1) is 62.3 Å². The van der Waals surface area contributed by atoms with E-state index in [1.165, 1.54) is 6.92 Å². The van der Waals surface area contributed by atoms with Gasteiger partial charge < -0.3 is 59.1 Å². The zero-order chi connectivity index (χ0) is 38.1. The highest BCUT2D eigenvalue weighted by Gasteiger charge is 2.55. The first kappa shape index (κ1) is 40.8. The van der Waals surface area contributed by atoms with Crippen molar-refractivity contribution in [3.8, 4) is 0 Å². The Bertz CT molecular complexity index is 1480. The lowest BCUT2D eigenvalue weighted by molar-refractivity contribution is -0.303. The summed E-state index contributed by atoms with van der Waals surface area (Å²) in [6.07, 6.45) is -25.3. The smallest absolute Gasteiger partial charge is 0.187 e. The molecule has 0 aromatic rings. The third-order valence-electron chi connectivity index (χ3n) is 9.12. The topological polar surface area (TPSA) is 421 Å². The van der Waals surface area contributed by atoms with Gasteiger partial charge >= 0.3 is 0 Å². The molecule has 3 aliphatic heterocycles. The Kier molecular flexibility index (Phi) is 14.6. The van der Waals surface area contributed by atoms with Gasteiger partial charge in [-0.05, 0) is 34.1 Å². The predicted molar refractivity (Wildman–Crippen MR) is 163 cm³/mol. The van der Waals surface area contributed by atoms with E-state index in [4.69, 9.17) is 50.5 Å². The molecule has 4 fully saturated rings. The number of halogens is 1. The van der Waals surface area contributed by atoms with E-state index in [9.17, 15) is 36.2 Å². The first-order chi connectivity index (χ1) is 24.9. The van der Waals surface area contributed by atoms with E-state index in [1.807, 2.05) is 0 Å². The summed E-state index contributed by atoms with van der Waals surface area (Å²) in [5.41, 5.74) is 45.0. The summed E-state index contributed by atoms with van der Waals surface area (Å²) in [4.78, 5) is 13.2. The van der Waals surface area contributed by atoms with Crippen molar-refractivity contribution < 1.29 is 63.5 Å². The number of aliphatic hydroxyl groups excluding tert-OH is 6. The van der Waals surface area contributed by atoms with Crippen LogP contribution in [-0.4, -0.2) is 161 Å². The van der Waals surface area contributed by atoms with Crippen LogP contribution in [-0.2, 0) is 28.4 Å². The summed E-state index contributed by atoms with van der Waals surface area (Å²) in [5, 5.41) is 81.2. The van der Waals surface area contributed by atoms with E-state index in [2.05, 4.69) is 50.1 Å². The minimum Gasteiger partial charge on any atom is -0.394 e. The standard InChI is InChI=1S/C24H36FN15O12/c1-6-14(42)17(45)10(4-32-37-27)47-22(6)51-20-11(5-41)49-24(18(20)46)52-21-15(43)7(33-38-28)2-8(34-39-29)19(21)50-23-13(35-40-30)12(25)16(44)9(48-23)3-31-36-26/h6-24,41-46H,2-5H2,1H3/t6-,7-,8+,9-,10+,11-,12+,13-,14-,15+,16-,17-,18-,19-,20-,21-,22-,23-,24+/m1/s1. The molecule has 0 aromatic carbocycles. The largest absolute Gasteiger partial charge is 0.394 e. The van der Waals surface area contributed by atoms with Gasteiger partial charge in [0.2, 0.25) is 0 Å². The molecule has 0 bridgehead atoms. The van der Waals surface area contributed by atoms with Crippen molar-refractivity contribution in [2.24, 2.45) is 31.5 Å². The molecule has 28 heteroatoms. The lowest BCUT2D eigenvalue weighted by atomic mass is 9.84. The molecule has 1 aliphatic carbocycles. The minimum atomic E-state index is -2.34. The molecular weight excluding hydrogens is 709 g/mol. The van der Waals surface area contributed by atoms with E-state index in [0.717, 1.165) is 0 Å². The fraction of sp³-hybridized carbons (Fsp3) is 1.00. The second-order valence-corrected chi connectivity index (χ2v) is 12.2. The highest BCUT2D eigenvalue weighted by Crippen LogP contribution is 2.38. The number of ether oxygens (including phenoxy) is 6. The Labute approximate surface area is 290 Å². The monoisotopic (exact) mass is 745 g/mol. The molecule has 0 aromatic heterocycles. The van der Waals surface area contributed by atoms with Crippen molar-refractivity contribution in [1.29, 1.82) is 0 Å². The minimum absolute atomic E-state index is 0.371. The Hall–Kier alpha value is -4.00. The summed E-state index contributed by atoms with van der Waals surface area (Å²) in [7, 11) is 0. The number of nitrogens with zero attached hydrogens (tertiary/aromatic N) is 15. The average molecular weight is 746 g/mol. The van der Waals surface area contributed by atoms with E-state index < -0.39 is 129 Å². The molecule has 3 saturated heterocycles. The van der Waals surface area contributed by atoms with Gasteiger partial charge in [0.25, 0.3) is 0 Å². The summed E-state index contributed by atoms with van der Waals surface area (Å²) in [6.45, 7) is -0.319. The molecule has 0 spiro atoms. The van der Waals surface area contributed by atoms with Gasteiger partial charge in [-0.1, -0.05) is 32.5 Å². The maximum atomic E-state index is 15.4. The summed E-state index contributed by atoms with van der Waals surface area (Å²) in [5.74, 6) is -0.934. The van der Waals surface area contributed by atoms with Gasteiger partial charge in [-0.25, -0.2) is 4.39 Å². The molecule has 286 valence electrons. The molecule has 52 heavy (non-hydrogen) atoms. The van der Waals surface area contributed by atoms with Crippen LogP contribution >= 0.6 is 0 Å². The van der Waals surface area contributed by atoms with Gasteiger partial charge in [0.15, 0.2) is 18.9 Å². The maximum Gasteiger partial charge on any atom is 0.187 e. The predicted octanol–water partition coefficient (Wildman–Crippen LogP) is 0.149. The van der Waals surface area contributed by atoms with Gasteiger partial charge in [-0.2, -0.15) is 0 Å². The summed E-state index contributed by atoms with van der Waals surface area (Å²) < 4.78 is 50.1. The number of rotatable bonds is 14. The molecule has 1 saturated carbocycles. The van der Waals surface area contributed by atoms with Crippen LogP contribution in [0.1, 0.15) is 13.3 Å². The molecule has 6 N–H and O–H groups in total. The average Bonchev–Trinajstić information content (AvgIpc) is 3.43. The highest BCUT2D eigenvalue weighted by molar-refractivity contribution is 5.04. The fourth-order valence-electron chi connectivity index (χ4n) is 6.38. The van der Waals surface area contributed by atoms with E-state index in [1.54, 1.807) is 0 Å². The molecule has 0 amide bonds. The van der Waals surface area contributed by atoms with Gasteiger partial charge in [0.1, 0.15) is 48.8 Å². The first-order valence-electron chi connectivity index (χ1n) is 15.7. The number of hydrogen-bond donors (Lipinski definition) is 6. The quantitative estimate of drug-likeness (QED) is 0.0786. The third kappa shape index (κ3) is 8.78. The molecule has 19 atom stereocenters. The van der Waals surface area contributed by atoms with Crippen LogP contribution in [0, 0.1) is 5.92 Å². The normalized spacial score (nSPS) is 44.5. The Morgan fingerprint density at radius 1 is 0.615 bits per heavy atom. The Morgan fingerprint density at radius 3 is 1.75 bits per heavy atom. The van der Waals surface area contributed by atoms with Crippen LogP contribution in [0.15, 0.2) is 25.6 Å². The molecule has 4 aliphatic rings. The summed E-state index contributed by atoms with van der Waals surface area (Å²) >= 11 is 0. The number of alkyl halides is 1. The van der Waals surface area contributed by atoms with E-state index in [-0.39, 0.29) is 13.0 Å². The molecule has 27 nitrogen and oxygen atoms in total. The van der Waals surface area contributed by atoms with E-state index >= 15 is 4.39 Å². The number of hydrogen-bond acceptors (Lipinski definition) is 17. The van der Waals surface area contributed by atoms with Crippen molar-refractivity contribution in [3.05, 3.63) is 52.2 Å². The maximum absolute atomic E-state index is 15.4. The highest BCUT2D eigenvalue weighted by atomic mass is 19.1. The molecular formula is C24H36FN15O12. The molecule has 0 unspecified atom stereocenters. The Balaban J connectivity index is 1.64. The van der Waals surface area contributed by atoms with Crippen molar-refractivity contribution in [2.45, 2.75) is 124 Å². The Morgan fingerprint density at radius 2 is 1.15 bits per heavy atom. The zero-order valence-corrected chi connectivity index (χ0v) is 27.0. The first-order valence-corrected chi connectivity index (χ1v) is 15.7. The number of azide groups is 5. The van der Waals surface area contributed by atoms with Crippen molar-refractivity contribution >= 4 is 0 Å². The lowest BCUT2D eigenvalue weighted by Crippen LogP contribution is -2.62. The van der Waals surface area contributed by atoms with Gasteiger partial charge in [-0.15, -0.1) is 0 Å². The van der Waals surface area contributed by atoms with Crippen molar-refractivity contribution in [3.63, 3.8) is 0 Å². The fourth-order valence-corrected chi connectivity index (χ4v) is 6.38. The third-order valence-corrected chi connectivity index (χ3v) is 9.12. The van der Waals surface area contributed by atoms with Crippen LogP contribution in [0.2, 0.25) is 0 Å². The summed E-state index contributed by atoms with van der Waals surface area (Å²) in [6, 6.07) is -4.63. The van der Waals surface area contributed by atoms with E-state index in [0.29, 0.717) is 0 Å². The van der Waals surface area contributed by atoms with Crippen molar-refractivity contribution in [1.82, 2.24) is 0 Å². The second-order valence-electron chi connectivity index (χ2n) is 12.2. The SMILES string of the molecule is C[C@H]1[C@@H](O[C@H]2[C@@H](O)[C@H](O[C@@H]3[C@@H](O)[C@H](N=[N+]=[N-])C[C@H](N=[N+]=[N-])[C@H]3O[C@H]3O[C@H](CN=[N+]=[N-])[C@@H](O)[C@@H](F)[C@H]3N=[N+]=[N-])O[C@@H]2CO)O[C@@H](CN=[N+]=[N-])[C@@H](O)[C@@H]1O. The second kappa shape index (κ2) is 18.7. The van der Waals surface area contributed by atoms with Crippen LogP contribution in [0.25, 0.3) is 52.2 Å². The molecule has 0 radical (unpaired) electrons. The molecule has 3 heterocycles.